The Bertz CT molecular complexity index is 96.2. The molecule has 1 aliphatic carbocycles. The van der Waals surface area contributed by atoms with E-state index in [0.29, 0.717) is 0 Å². The number of rotatable bonds is 1. The van der Waals surface area contributed by atoms with E-state index in [1.54, 1.807) is 0 Å². The average molecular weight is 140 g/mol. The molecule has 0 amide bonds. The molecule has 3 atom stereocenters. The zero-order valence-electron chi connectivity index (χ0n) is 7.56. The molecule has 0 aliphatic heterocycles. The molecule has 10 heavy (non-hydrogen) atoms. The summed E-state index contributed by atoms with van der Waals surface area (Å²) in [5, 5.41) is 0. The third-order valence-corrected chi connectivity index (χ3v) is 3.28. The minimum atomic E-state index is 0.985. The Morgan fingerprint density at radius 3 is 2.30 bits per heavy atom. The van der Waals surface area contributed by atoms with Crippen LogP contribution in [0.25, 0.3) is 0 Å². The molecule has 0 spiro atoms. The lowest BCUT2D eigenvalue weighted by Gasteiger charge is -2.31. The highest BCUT2D eigenvalue weighted by Gasteiger charge is 2.22. The van der Waals surface area contributed by atoms with Gasteiger partial charge in [0.2, 0.25) is 0 Å². The first-order valence-electron chi connectivity index (χ1n) is 4.74. The van der Waals surface area contributed by atoms with Crippen molar-refractivity contribution >= 4 is 0 Å². The van der Waals surface area contributed by atoms with Crippen LogP contribution in [0, 0.1) is 17.8 Å². The summed E-state index contributed by atoms with van der Waals surface area (Å²) in [6, 6.07) is 0. The lowest BCUT2D eigenvalue weighted by atomic mass is 9.75. The van der Waals surface area contributed by atoms with Crippen LogP contribution in [0.3, 0.4) is 0 Å². The summed E-state index contributed by atoms with van der Waals surface area (Å²) in [5.41, 5.74) is 0. The fourth-order valence-electron chi connectivity index (χ4n) is 2.03. The monoisotopic (exact) mass is 140 g/mol. The van der Waals surface area contributed by atoms with Gasteiger partial charge in [-0.1, -0.05) is 40.0 Å². The maximum Gasteiger partial charge on any atom is -0.0414 e. The highest BCUT2D eigenvalue weighted by molar-refractivity contribution is 4.74. The van der Waals surface area contributed by atoms with Crippen LogP contribution in [0.1, 0.15) is 46.5 Å². The van der Waals surface area contributed by atoms with E-state index in [1.165, 1.54) is 25.7 Å². The van der Waals surface area contributed by atoms with Gasteiger partial charge in [-0.25, -0.2) is 0 Å². The van der Waals surface area contributed by atoms with Gasteiger partial charge < -0.3 is 0 Å². The summed E-state index contributed by atoms with van der Waals surface area (Å²) in [6.07, 6.45) is 5.84. The van der Waals surface area contributed by atoms with Crippen LogP contribution in [-0.4, -0.2) is 0 Å². The SMILES string of the molecule is CCC1CCC(C)C(C)C1. The Labute approximate surface area is 65.0 Å². The summed E-state index contributed by atoms with van der Waals surface area (Å²) in [6.45, 7) is 7.14. The predicted octanol–water partition coefficient (Wildman–Crippen LogP) is 3.47. The third kappa shape index (κ3) is 1.74. The van der Waals surface area contributed by atoms with Gasteiger partial charge in [0.1, 0.15) is 0 Å². The maximum absolute atomic E-state index is 2.41. The van der Waals surface area contributed by atoms with Gasteiger partial charge in [-0.05, 0) is 24.2 Å². The molecule has 3 unspecified atom stereocenters. The first-order chi connectivity index (χ1) is 4.74. The van der Waals surface area contributed by atoms with Gasteiger partial charge in [-0.15, -0.1) is 0 Å². The first kappa shape index (κ1) is 8.10. The van der Waals surface area contributed by atoms with Gasteiger partial charge in [0.25, 0.3) is 0 Å². The Balaban J connectivity index is 2.33. The van der Waals surface area contributed by atoms with E-state index in [9.17, 15) is 0 Å². The molecule has 0 aromatic carbocycles. The van der Waals surface area contributed by atoms with Crippen LogP contribution in [0.4, 0.5) is 0 Å². The molecule has 0 radical (unpaired) electrons. The maximum atomic E-state index is 2.41. The number of hydrogen-bond acceptors (Lipinski definition) is 0. The Hall–Kier alpha value is 0. The largest absolute Gasteiger partial charge is 0.0651 e. The molecule has 0 saturated heterocycles. The van der Waals surface area contributed by atoms with Crippen LogP contribution < -0.4 is 0 Å². The quantitative estimate of drug-likeness (QED) is 0.523. The normalized spacial score (nSPS) is 41.7. The van der Waals surface area contributed by atoms with Gasteiger partial charge in [-0.3, -0.25) is 0 Å². The topological polar surface area (TPSA) is 0 Å². The van der Waals surface area contributed by atoms with Gasteiger partial charge in [0, 0.05) is 0 Å². The van der Waals surface area contributed by atoms with Crippen molar-refractivity contribution in [3.63, 3.8) is 0 Å². The summed E-state index contributed by atoms with van der Waals surface area (Å²) in [7, 11) is 0. The van der Waals surface area contributed by atoms with E-state index in [4.69, 9.17) is 0 Å². The van der Waals surface area contributed by atoms with Crippen LogP contribution >= 0.6 is 0 Å². The number of hydrogen-bond donors (Lipinski definition) is 0. The van der Waals surface area contributed by atoms with Gasteiger partial charge in [0.05, 0.1) is 0 Å². The molecule has 0 heteroatoms. The van der Waals surface area contributed by atoms with Gasteiger partial charge >= 0.3 is 0 Å². The molecule has 0 N–H and O–H groups in total. The molecule has 0 aromatic heterocycles. The van der Waals surface area contributed by atoms with Crippen molar-refractivity contribution in [1.82, 2.24) is 0 Å². The molecule has 1 rings (SSSR count). The molecule has 1 fully saturated rings. The summed E-state index contributed by atoms with van der Waals surface area (Å²) in [5.74, 6) is 3.02. The molecular formula is C10H20. The third-order valence-electron chi connectivity index (χ3n) is 3.28. The standard InChI is InChI=1S/C10H20/c1-4-10-6-5-8(2)9(3)7-10/h8-10H,4-7H2,1-3H3. The second-order valence-electron chi connectivity index (χ2n) is 4.04. The van der Waals surface area contributed by atoms with Crippen LogP contribution in [-0.2, 0) is 0 Å². The van der Waals surface area contributed by atoms with E-state index in [0.717, 1.165) is 17.8 Å². The molecular weight excluding hydrogens is 120 g/mol. The molecule has 0 heterocycles. The van der Waals surface area contributed by atoms with Crippen LogP contribution in [0.15, 0.2) is 0 Å². The molecule has 0 bridgehead atoms. The molecule has 60 valence electrons. The van der Waals surface area contributed by atoms with Crippen molar-refractivity contribution in [3.8, 4) is 0 Å². The van der Waals surface area contributed by atoms with E-state index in [2.05, 4.69) is 20.8 Å². The second-order valence-corrected chi connectivity index (χ2v) is 4.04. The fraction of sp³-hybridized carbons (Fsp3) is 1.00. The fourth-order valence-corrected chi connectivity index (χ4v) is 2.03. The van der Waals surface area contributed by atoms with Gasteiger partial charge in [0.15, 0.2) is 0 Å². The summed E-state index contributed by atoms with van der Waals surface area (Å²) in [4.78, 5) is 0. The van der Waals surface area contributed by atoms with E-state index >= 15 is 0 Å². The van der Waals surface area contributed by atoms with Crippen molar-refractivity contribution in [2.75, 3.05) is 0 Å². The summed E-state index contributed by atoms with van der Waals surface area (Å²) >= 11 is 0. The second kappa shape index (κ2) is 3.41. The molecule has 0 aromatic rings. The van der Waals surface area contributed by atoms with Crippen molar-refractivity contribution in [3.05, 3.63) is 0 Å². The summed E-state index contributed by atoms with van der Waals surface area (Å²) < 4.78 is 0. The van der Waals surface area contributed by atoms with E-state index < -0.39 is 0 Å². The Kier molecular flexibility index (Phi) is 2.76. The smallest absolute Gasteiger partial charge is 0.0414 e. The van der Waals surface area contributed by atoms with Crippen LogP contribution in [0.2, 0.25) is 0 Å². The lowest BCUT2D eigenvalue weighted by molar-refractivity contribution is 0.204. The minimum absolute atomic E-state index is 0.985. The average Bonchev–Trinajstić information content (AvgIpc) is 1.95. The van der Waals surface area contributed by atoms with Crippen molar-refractivity contribution in [2.45, 2.75) is 46.5 Å². The van der Waals surface area contributed by atoms with Crippen LogP contribution in [0.5, 0.6) is 0 Å². The van der Waals surface area contributed by atoms with E-state index in [-0.39, 0.29) is 0 Å². The Morgan fingerprint density at radius 1 is 1.10 bits per heavy atom. The highest BCUT2D eigenvalue weighted by Crippen LogP contribution is 2.34. The minimum Gasteiger partial charge on any atom is -0.0651 e. The van der Waals surface area contributed by atoms with Crippen molar-refractivity contribution in [1.29, 1.82) is 0 Å². The lowest BCUT2D eigenvalue weighted by Crippen LogP contribution is -2.19. The van der Waals surface area contributed by atoms with E-state index in [1.807, 2.05) is 0 Å². The highest BCUT2D eigenvalue weighted by atomic mass is 14.3. The first-order valence-corrected chi connectivity index (χ1v) is 4.74. The Morgan fingerprint density at radius 2 is 1.80 bits per heavy atom. The predicted molar refractivity (Wildman–Crippen MR) is 46.0 cm³/mol. The van der Waals surface area contributed by atoms with Crippen molar-refractivity contribution < 1.29 is 0 Å². The van der Waals surface area contributed by atoms with Crippen molar-refractivity contribution in [2.24, 2.45) is 17.8 Å². The zero-order valence-corrected chi connectivity index (χ0v) is 7.56. The van der Waals surface area contributed by atoms with Gasteiger partial charge in [-0.2, -0.15) is 0 Å². The molecule has 1 saturated carbocycles. The molecule has 0 nitrogen and oxygen atoms in total. The zero-order chi connectivity index (χ0) is 7.56. The molecule has 1 aliphatic rings.